The smallest absolute Gasteiger partial charge is 0.254 e. The minimum atomic E-state index is 0.0481. The van der Waals surface area contributed by atoms with Gasteiger partial charge >= 0.3 is 0 Å². The van der Waals surface area contributed by atoms with Gasteiger partial charge in [0.2, 0.25) is 0 Å². The van der Waals surface area contributed by atoms with Crippen molar-refractivity contribution < 1.29 is 4.79 Å². The van der Waals surface area contributed by atoms with E-state index in [0.717, 1.165) is 18.5 Å². The molecule has 20 heavy (non-hydrogen) atoms. The highest BCUT2D eigenvalue weighted by atomic mass is 16.2. The van der Waals surface area contributed by atoms with Crippen LogP contribution in [0.3, 0.4) is 0 Å². The second-order valence-corrected chi connectivity index (χ2v) is 6.73. The average Bonchev–Trinajstić information content (AvgIpc) is 2.36. The van der Waals surface area contributed by atoms with Gasteiger partial charge in [0, 0.05) is 24.3 Å². The summed E-state index contributed by atoms with van der Waals surface area (Å²) in [6, 6.07) is 3.81. The number of anilines is 1. The normalized spacial score (nSPS) is 18.8. The van der Waals surface area contributed by atoms with Crippen molar-refractivity contribution >= 4 is 11.7 Å². The highest BCUT2D eigenvalue weighted by Crippen LogP contribution is 2.36. The topological polar surface area (TPSA) is 59.2 Å². The van der Waals surface area contributed by atoms with Crippen LogP contribution in [-0.4, -0.2) is 28.9 Å². The molecule has 0 aliphatic heterocycles. The van der Waals surface area contributed by atoms with Crippen LogP contribution in [0.25, 0.3) is 0 Å². The fraction of sp³-hybridized carbons (Fsp3) is 0.625. The summed E-state index contributed by atoms with van der Waals surface area (Å²) in [5.74, 6) is 0.457. The highest BCUT2D eigenvalue weighted by molar-refractivity contribution is 5.95. The molecule has 4 heteroatoms. The maximum Gasteiger partial charge on any atom is 0.254 e. The van der Waals surface area contributed by atoms with Crippen LogP contribution in [0.4, 0.5) is 5.82 Å². The summed E-state index contributed by atoms with van der Waals surface area (Å²) in [5, 5.41) is 0. The summed E-state index contributed by atoms with van der Waals surface area (Å²) in [5.41, 5.74) is 7.57. The lowest BCUT2D eigenvalue weighted by molar-refractivity contribution is 0.0635. The molecule has 0 radical (unpaired) electrons. The third kappa shape index (κ3) is 3.30. The lowest BCUT2D eigenvalue weighted by Gasteiger charge is -2.38. The first-order chi connectivity index (χ1) is 9.28. The molecule has 1 amide bonds. The molecule has 1 aliphatic carbocycles. The molecule has 1 aliphatic rings. The maximum atomic E-state index is 12.6. The van der Waals surface area contributed by atoms with Crippen molar-refractivity contribution in [1.29, 1.82) is 0 Å². The van der Waals surface area contributed by atoms with Crippen LogP contribution in [-0.2, 0) is 0 Å². The molecule has 1 aromatic rings. The molecule has 110 valence electrons. The summed E-state index contributed by atoms with van der Waals surface area (Å²) in [7, 11) is 1.90. The van der Waals surface area contributed by atoms with Gasteiger partial charge < -0.3 is 10.6 Å². The van der Waals surface area contributed by atoms with E-state index in [2.05, 4.69) is 18.8 Å². The summed E-state index contributed by atoms with van der Waals surface area (Å²) >= 11 is 0. The molecule has 1 heterocycles. The van der Waals surface area contributed by atoms with E-state index < -0.39 is 0 Å². The number of rotatable bonds is 2. The predicted molar refractivity (Wildman–Crippen MR) is 81.5 cm³/mol. The van der Waals surface area contributed by atoms with Crippen LogP contribution in [0, 0.1) is 12.3 Å². The van der Waals surface area contributed by atoms with Gasteiger partial charge in [0.05, 0.1) is 0 Å². The Labute approximate surface area is 121 Å². The van der Waals surface area contributed by atoms with Gasteiger partial charge in [-0.15, -0.1) is 0 Å². The van der Waals surface area contributed by atoms with Crippen molar-refractivity contribution in [2.75, 3.05) is 12.8 Å². The highest BCUT2D eigenvalue weighted by Gasteiger charge is 2.30. The quantitative estimate of drug-likeness (QED) is 0.902. The Morgan fingerprint density at radius 2 is 1.95 bits per heavy atom. The minimum Gasteiger partial charge on any atom is -0.384 e. The van der Waals surface area contributed by atoms with Crippen molar-refractivity contribution in [3.05, 3.63) is 23.4 Å². The van der Waals surface area contributed by atoms with Gasteiger partial charge in [-0.05, 0) is 50.2 Å². The number of aryl methyl sites for hydroxylation is 1. The van der Waals surface area contributed by atoms with E-state index in [1.54, 1.807) is 6.07 Å². The molecule has 0 aromatic carbocycles. The van der Waals surface area contributed by atoms with Crippen LogP contribution >= 0.6 is 0 Å². The first kappa shape index (κ1) is 14.8. The van der Waals surface area contributed by atoms with Crippen LogP contribution in [0.5, 0.6) is 0 Å². The number of pyridine rings is 1. The number of nitrogens with two attached hydrogens (primary N) is 1. The van der Waals surface area contributed by atoms with Gasteiger partial charge in [0.15, 0.2) is 0 Å². The number of aromatic nitrogens is 1. The number of hydrogen-bond acceptors (Lipinski definition) is 3. The standard InChI is InChI=1S/C16H25N3O/c1-11-9-12(10-14(17)18-11)15(20)19(4)13-5-7-16(2,3)8-6-13/h9-10,13H,5-8H2,1-4H3,(H2,17,18). The third-order valence-corrected chi connectivity index (χ3v) is 4.40. The predicted octanol–water partition coefficient (Wildman–Crippen LogP) is 3.01. The lowest BCUT2D eigenvalue weighted by atomic mass is 9.75. The van der Waals surface area contributed by atoms with E-state index in [9.17, 15) is 4.79 Å². The van der Waals surface area contributed by atoms with Gasteiger partial charge in [-0.3, -0.25) is 4.79 Å². The number of hydrogen-bond donors (Lipinski definition) is 1. The van der Waals surface area contributed by atoms with Gasteiger partial charge in [-0.25, -0.2) is 4.98 Å². The van der Waals surface area contributed by atoms with E-state index >= 15 is 0 Å². The van der Waals surface area contributed by atoms with Crippen molar-refractivity contribution in [2.45, 2.75) is 52.5 Å². The Morgan fingerprint density at radius 1 is 1.35 bits per heavy atom. The summed E-state index contributed by atoms with van der Waals surface area (Å²) in [6.45, 7) is 6.46. The van der Waals surface area contributed by atoms with Gasteiger partial charge in [0.25, 0.3) is 5.91 Å². The first-order valence-corrected chi connectivity index (χ1v) is 7.30. The average molecular weight is 275 g/mol. The van der Waals surface area contributed by atoms with E-state index in [4.69, 9.17) is 5.73 Å². The number of nitrogen functional groups attached to an aromatic ring is 1. The van der Waals surface area contributed by atoms with Crippen molar-refractivity contribution in [3.63, 3.8) is 0 Å². The minimum absolute atomic E-state index is 0.0481. The SMILES string of the molecule is Cc1cc(C(=O)N(C)C2CCC(C)(C)CC2)cc(N)n1. The fourth-order valence-electron chi connectivity index (χ4n) is 2.96. The maximum absolute atomic E-state index is 12.6. The zero-order valence-electron chi connectivity index (χ0n) is 12.9. The molecule has 1 aromatic heterocycles. The van der Waals surface area contributed by atoms with Crippen molar-refractivity contribution in [2.24, 2.45) is 5.41 Å². The Balaban J connectivity index is 2.09. The summed E-state index contributed by atoms with van der Waals surface area (Å²) < 4.78 is 0. The zero-order valence-corrected chi connectivity index (χ0v) is 12.9. The van der Waals surface area contributed by atoms with Crippen molar-refractivity contribution in [3.8, 4) is 0 Å². The van der Waals surface area contributed by atoms with Gasteiger partial charge in [0.1, 0.15) is 5.82 Å². The summed E-state index contributed by atoms with van der Waals surface area (Å²) in [6.07, 6.45) is 4.50. The van der Waals surface area contributed by atoms with Gasteiger partial charge in [-0.2, -0.15) is 0 Å². The van der Waals surface area contributed by atoms with Crippen molar-refractivity contribution in [1.82, 2.24) is 9.88 Å². The zero-order chi connectivity index (χ0) is 14.9. The lowest BCUT2D eigenvalue weighted by Crippen LogP contribution is -2.40. The van der Waals surface area contributed by atoms with Crippen LogP contribution in [0.2, 0.25) is 0 Å². The molecule has 0 spiro atoms. The van der Waals surface area contributed by atoms with E-state index in [1.165, 1.54) is 12.8 Å². The third-order valence-electron chi connectivity index (χ3n) is 4.40. The molecule has 0 saturated heterocycles. The van der Waals surface area contributed by atoms with Gasteiger partial charge in [-0.1, -0.05) is 13.8 Å². The second kappa shape index (κ2) is 5.43. The number of nitrogens with zero attached hydrogens (tertiary/aromatic N) is 2. The monoisotopic (exact) mass is 275 g/mol. The number of carbonyl (C=O) groups is 1. The molecule has 0 atom stereocenters. The largest absolute Gasteiger partial charge is 0.384 e. The van der Waals surface area contributed by atoms with E-state index in [1.807, 2.05) is 24.9 Å². The first-order valence-electron chi connectivity index (χ1n) is 7.30. The Bertz CT molecular complexity index is 480. The van der Waals surface area contributed by atoms with Crippen LogP contribution in [0.1, 0.15) is 55.6 Å². The van der Waals surface area contributed by atoms with E-state index in [0.29, 0.717) is 22.8 Å². The van der Waals surface area contributed by atoms with Crippen LogP contribution < -0.4 is 5.73 Å². The Kier molecular flexibility index (Phi) is 4.02. The molecule has 4 nitrogen and oxygen atoms in total. The molecule has 0 unspecified atom stereocenters. The molecular weight excluding hydrogens is 250 g/mol. The van der Waals surface area contributed by atoms with E-state index in [-0.39, 0.29) is 5.91 Å². The summed E-state index contributed by atoms with van der Waals surface area (Å²) in [4.78, 5) is 18.5. The Morgan fingerprint density at radius 3 is 2.50 bits per heavy atom. The molecular formula is C16H25N3O. The molecule has 0 bridgehead atoms. The number of carbonyl (C=O) groups excluding carboxylic acids is 1. The fourth-order valence-corrected chi connectivity index (χ4v) is 2.96. The number of amides is 1. The second-order valence-electron chi connectivity index (χ2n) is 6.73. The Hall–Kier alpha value is -1.58. The molecule has 2 N–H and O–H groups in total. The molecule has 2 rings (SSSR count). The molecule has 1 fully saturated rings. The van der Waals surface area contributed by atoms with Crippen LogP contribution in [0.15, 0.2) is 12.1 Å². The molecule has 1 saturated carbocycles.